The van der Waals surface area contributed by atoms with Crippen LogP contribution in [0.5, 0.6) is 0 Å². The van der Waals surface area contributed by atoms with E-state index in [2.05, 4.69) is 38.1 Å². The van der Waals surface area contributed by atoms with Crippen molar-refractivity contribution in [3.05, 3.63) is 35.4 Å². The van der Waals surface area contributed by atoms with Crippen molar-refractivity contribution in [2.75, 3.05) is 14.1 Å². The van der Waals surface area contributed by atoms with E-state index in [1.165, 1.54) is 11.1 Å². The van der Waals surface area contributed by atoms with Gasteiger partial charge in [0.25, 0.3) is 0 Å². The van der Waals surface area contributed by atoms with Gasteiger partial charge in [0.1, 0.15) is 0 Å². The zero-order valence-corrected chi connectivity index (χ0v) is 7.39. The zero-order valence-electron chi connectivity index (χ0n) is 7.39. The molecular weight excluding hydrogens is 134 g/mol. The van der Waals surface area contributed by atoms with Crippen molar-refractivity contribution in [2.45, 2.75) is 13.5 Å². The molecule has 59 valence electrons. The summed E-state index contributed by atoms with van der Waals surface area (Å²) in [5.74, 6) is 0. The first-order valence-corrected chi connectivity index (χ1v) is 3.80. The Hall–Kier alpha value is -0.820. The van der Waals surface area contributed by atoms with Crippen LogP contribution in [0, 0.1) is 13.0 Å². The van der Waals surface area contributed by atoms with Crippen LogP contribution >= 0.6 is 0 Å². The first kappa shape index (κ1) is 8.28. The van der Waals surface area contributed by atoms with Crippen molar-refractivity contribution in [3.63, 3.8) is 0 Å². The maximum absolute atomic E-state index is 3.11. The molecule has 0 saturated heterocycles. The van der Waals surface area contributed by atoms with Crippen molar-refractivity contribution >= 4 is 0 Å². The number of nitrogens with zero attached hydrogens (tertiary/aromatic N) is 1. The molecule has 0 fully saturated rings. The minimum Gasteiger partial charge on any atom is -0.305 e. The summed E-state index contributed by atoms with van der Waals surface area (Å²) in [4.78, 5) is 2.16. The molecule has 0 aliphatic carbocycles. The Kier molecular flexibility index (Phi) is 2.66. The molecule has 1 aromatic carbocycles. The van der Waals surface area contributed by atoms with Crippen LogP contribution < -0.4 is 0 Å². The highest BCUT2D eigenvalue weighted by molar-refractivity contribution is 5.20. The van der Waals surface area contributed by atoms with E-state index in [0.29, 0.717) is 0 Å². The van der Waals surface area contributed by atoms with Gasteiger partial charge in [0.2, 0.25) is 0 Å². The molecule has 1 heteroatoms. The lowest BCUT2D eigenvalue weighted by Gasteiger charge is -2.09. The molecule has 0 aliphatic rings. The van der Waals surface area contributed by atoms with Gasteiger partial charge in [-0.3, -0.25) is 0 Å². The first-order valence-electron chi connectivity index (χ1n) is 3.80. The van der Waals surface area contributed by atoms with Crippen LogP contribution in [0.1, 0.15) is 11.1 Å². The minimum atomic E-state index is 0.998. The maximum atomic E-state index is 3.11. The van der Waals surface area contributed by atoms with Crippen molar-refractivity contribution in [1.29, 1.82) is 0 Å². The molecule has 11 heavy (non-hydrogen) atoms. The highest BCUT2D eigenvalue weighted by Gasteiger charge is 1.93. The summed E-state index contributed by atoms with van der Waals surface area (Å²) in [5.41, 5.74) is 2.61. The van der Waals surface area contributed by atoms with E-state index in [-0.39, 0.29) is 0 Å². The Labute approximate surface area is 68.7 Å². The Morgan fingerprint density at radius 2 is 2.09 bits per heavy atom. The molecule has 0 amide bonds. The van der Waals surface area contributed by atoms with Crippen molar-refractivity contribution < 1.29 is 0 Å². The number of hydrogen-bond acceptors (Lipinski definition) is 1. The summed E-state index contributed by atoms with van der Waals surface area (Å²) in [6, 6.07) is 9.33. The number of benzene rings is 1. The smallest absolute Gasteiger partial charge is 0.0227 e. The molecule has 0 aliphatic heterocycles. The van der Waals surface area contributed by atoms with Crippen molar-refractivity contribution in [3.8, 4) is 0 Å². The summed E-state index contributed by atoms with van der Waals surface area (Å²) < 4.78 is 0. The molecule has 0 saturated carbocycles. The van der Waals surface area contributed by atoms with E-state index in [9.17, 15) is 0 Å². The van der Waals surface area contributed by atoms with E-state index in [1.54, 1.807) is 0 Å². The van der Waals surface area contributed by atoms with E-state index in [4.69, 9.17) is 0 Å². The van der Waals surface area contributed by atoms with Crippen LogP contribution in [0.2, 0.25) is 0 Å². The van der Waals surface area contributed by atoms with Gasteiger partial charge in [-0.1, -0.05) is 17.7 Å². The third kappa shape index (κ3) is 2.72. The van der Waals surface area contributed by atoms with Crippen LogP contribution in [0.4, 0.5) is 0 Å². The van der Waals surface area contributed by atoms with Gasteiger partial charge in [-0.15, -0.1) is 0 Å². The molecule has 0 spiro atoms. The topological polar surface area (TPSA) is 3.24 Å². The number of hydrogen-bond donors (Lipinski definition) is 0. The molecule has 0 atom stereocenters. The summed E-state index contributed by atoms with van der Waals surface area (Å²) in [6.45, 7) is 3.09. The molecule has 1 aromatic rings. The Bertz CT molecular complexity index is 228. The maximum Gasteiger partial charge on any atom is 0.0227 e. The molecule has 0 N–H and O–H groups in total. The molecule has 1 radical (unpaired) electrons. The standard InChI is InChI=1S/C10H14N/c1-9-5-4-6-10(7-9)8-11(2)3/h5-7H,8H2,1-3H3. The summed E-state index contributed by atoms with van der Waals surface area (Å²) in [5, 5.41) is 0. The molecule has 0 bridgehead atoms. The van der Waals surface area contributed by atoms with Gasteiger partial charge in [0.05, 0.1) is 0 Å². The highest BCUT2D eigenvalue weighted by atomic mass is 15.0. The Morgan fingerprint density at radius 3 is 2.64 bits per heavy atom. The van der Waals surface area contributed by atoms with Gasteiger partial charge in [-0.05, 0) is 38.7 Å². The lowest BCUT2D eigenvalue weighted by Crippen LogP contribution is -2.10. The molecule has 1 nitrogen and oxygen atoms in total. The summed E-state index contributed by atoms with van der Waals surface area (Å²) in [6.07, 6.45) is 0. The second-order valence-electron chi connectivity index (χ2n) is 3.16. The number of aryl methyl sites for hydroxylation is 1. The largest absolute Gasteiger partial charge is 0.305 e. The van der Waals surface area contributed by atoms with Gasteiger partial charge in [-0.25, -0.2) is 0 Å². The third-order valence-electron chi connectivity index (χ3n) is 1.49. The van der Waals surface area contributed by atoms with Crippen molar-refractivity contribution in [1.82, 2.24) is 4.90 Å². The Balaban J connectivity index is 2.71. The monoisotopic (exact) mass is 148 g/mol. The Morgan fingerprint density at radius 1 is 1.36 bits per heavy atom. The molecule has 0 unspecified atom stereocenters. The number of rotatable bonds is 2. The average molecular weight is 148 g/mol. The van der Waals surface area contributed by atoms with E-state index in [0.717, 1.165) is 6.54 Å². The fourth-order valence-electron chi connectivity index (χ4n) is 1.11. The summed E-state index contributed by atoms with van der Waals surface area (Å²) >= 11 is 0. The predicted octanol–water partition coefficient (Wildman–Crippen LogP) is 1.86. The van der Waals surface area contributed by atoms with Gasteiger partial charge >= 0.3 is 0 Å². The molecule has 0 aromatic heterocycles. The third-order valence-corrected chi connectivity index (χ3v) is 1.49. The van der Waals surface area contributed by atoms with Gasteiger partial charge in [-0.2, -0.15) is 0 Å². The van der Waals surface area contributed by atoms with Crippen LogP contribution in [-0.2, 0) is 6.54 Å². The molecular formula is C10H14N. The van der Waals surface area contributed by atoms with E-state index in [1.807, 2.05) is 12.1 Å². The van der Waals surface area contributed by atoms with Crippen LogP contribution in [0.25, 0.3) is 0 Å². The fraction of sp³-hybridized carbons (Fsp3) is 0.400. The highest BCUT2D eigenvalue weighted by Crippen LogP contribution is 2.04. The lowest BCUT2D eigenvalue weighted by atomic mass is 10.1. The SMILES string of the molecule is Cc1c[c]cc(CN(C)C)c1. The van der Waals surface area contributed by atoms with E-state index >= 15 is 0 Å². The lowest BCUT2D eigenvalue weighted by molar-refractivity contribution is 0.402. The van der Waals surface area contributed by atoms with Gasteiger partial charge < -0.3 is 4.90 Å². The second-order valence-corrected chi connectivity index (χ2v) is 3.16. The van der Waals surface area contributed by atoms with Crippen molar-refractivity contribution in [2.24, 2.45) is 0 Å². The zero-order chi connectivity index (χ0) is 8.27. The van der Waals surface area contributed by atoms with E-state index < -0.39 is 0 Å². The normalized spacial score (nSPS) is 10.5. The van der Waals surface area contributed by atoms with Crippen LogP contribution in [0.3, 0.4) is 0 Å². The summed E-state index contributed by atoms with van der Waals surface area (Å²) in [7, 11) is 4.14. The molecule has 1 rings (SSSR count). The first-order chi connectivity index (χ1) is 5.18. The quantitative estimate of drug-likeness (QED) is 0.618. The fourth-order valence-corrected chi connectivity index (χ4v) is 1.11. The predicted molar refractivity (Wildman–Crippen MR) is 47.4 cm³/mol. The molecule has 0 heterocycles. The van der Waals surface area contributed by atoms with Crippen LogP contribution in [-0.4, -0.2) is 19.0 Å². The van der Waals surface area contributed by atoms with Crippen LogP contribution in [0.15, 0.2) is 18.2 Å². The minimum absolute atomic E-state index is 0.998. The van der Waals surface area contributed by atoms with Gasteiger partial charge in [0.15, 0.2) is 0 Å². The van der Waals surface area contributed by atoms with Gasteiger partial charge in [0, 0.05) is 6.54 Å². The average Bonchev–Trinajstić information content (AvgIpc) is 1.85. The second kappa shape index (κ2) is 3.54.